The van der Waals surface area contributed by atoms with Crippen molar-refractivity contribution < 1.29 is 22.7 Å². The lowest BCUT2D eigenvalue weighted by Crippen LogP contribution is -2.18. The first-order chi connectivity index (χ1) is 15.0. The van der Waals surface area contributed by atoms with Gasteiger partial charge in [0.15, 0.2) is 17.5 Å². The molecule has 5 heteroatoms. The number of benzene rings is 4. The van der Waals surface area contributed by atoms with Crippen LogP contribution in [0.2, 0.25) is 0 Å². The summed E-state index contributed by atoms with van der Waals surface area (Å²) in [4.78, 5) is 13.1. The van der Waals surface area contributed by atoms with Gasteiger partial charge in [-0.1, -0.05) is 60.7 Å². The number of rotatable bonds is 3. The Kier molecular flexibility index (Phi) is 4.59. The van der Waals surface area contributed by atoms with Crippen LogP contribution in [0.4, 0.5) is 13.2 Å². The molecule has 0 amide bonds. The molecule has 0 atom stereocenters. The van der Waals surface area contributed by atoms with Crippen molar-refractivity contribution >= 4 is 5.97 Å². The Morgan fingerprint density at radius 1 is 0.677 bits per heavy atom. The van der Waals surface area contributed by atoms with Gasteiger partial charge in [0.1, 0.15) is 11.7 Å². The van der Waals surface area contributed by atoms with Gasteiger partial charge in [-0.05, 0) is 57.6 Å². The van der Waals surface area contributed by atoms with E-state index in [-0.39, 0.29) is 5.56 Å². The zero-order valence-electron chi connectivity index (χ0n) is 16.1. The van der Waals surface area contributed by atoms with Gasteiger partial charge in [-0.3, -0.25) is 4.79 Å². The van der Waals surface area contributed by atoms with Crippen LogP contribution in [0.15, 0.2) is 84.9 Å². The standard InChI is InChI=1S/C26H15F3O2/c27-22-13-16(14-23(28)25(22)29)15-9-11-17(12-10-15)31-26(30)24-20-7-3-1-5-18(20)19-6-2-4-8-21(19)24/h1-14,24H. The molecule has 0 aliphatic heterocycles. The molecule has 31 heavy (non-hydrogen) atoms. The Morgan fingerprint density at radius 2 is 1.19 bits per heavy atom. The third-order valence-corrected chi connectivity index (χ3v) is 5.46. The third kappa shape index (κ3) is 3.28. The van der Waals surface area contributed by atoms with Crippen molar-refractivity contribution in [1.29, 1.82) is 0 Å². The van der Waals surface area contributed by atoms with Crippen molar-refractivity contribution in [1.82, 2.24) is 0 Å². The summed E-state index contributed by atoms with van der Waals surface area (Å²) in [5.74, 6) is -4.67. The maximum Gasteiger partial charge on any atom is 0.323 e. The highest BCUT2D eigenvalue weighted by Gasteiger charge is 2.34. The fourth-order valence-corrected chi connectivity index (χ4v) is 4.02. The van der Waals surface area contributed by atoms with Gasteiger partial charge in [-0.25, -0.2) is 13.2 Å². The molecule has 0 saturated carbocycles. The molecule has 0 saturated heterocycles. The minimum Gasteiger partial charge on any atom is -0.426 e. The number of carbonyl (C=O) groups excluding carboxylic acids is 1. The zero-order chi connectivity index (χ0) is 21.5. The van der Waals surface area contributed by atoms with E-state index >= 15 is 0 Å². The van der Waals surface area contributed by atoms with E-state index in [0.29, 0.717) is 11.3 Å². The smallest absolute Gasteiger partial charge is 0.323 e. The van der Waals surface area contributed by atoms with Crippen molar-refractivity contribution in [2.24, 2.45) is 0 Å². The minimum atomic E-state index is -1.51. The van der Waals surface area contributed by atoms with Gasteiger partial charge in [0.05, 0.1) is 0 Å². The SMILES string of the molecule is O=C(Oc1ccc(-c2cc(F)c(F)c(F)c2)cc1)C1c2ccccc2-c2ccccc21. The summed E-state index contributed by atoms with van der Waals surface area (Å²) in [7, 11) is 0. The number of fused-ring (bicyclic) bond motifs is 3. The number of halogens is 3. The maximum atomic E-state index is 13.5. The van der Waals surface area contributed by atoms with Crippen molar-refractivity contribution in [2.45, 2.75) is 5.92 Å². The average Bonchev–Trinajstić information content (AvgIpc) is 3.12. The van der Waals surface area contributed by atoms with Gasteiger partial charge in [-0.15, -0.1) is 0 Å². The van der Waals surface area contributed by atoms with E-state index in [1.54, 1.807) is 24.3 Å². The van der Waals surface area contributed by atoms with E-state index in [0.717, 1.165) is 34.4 Å². The van der Waals surface area contributed by atoms with Crippen molar-refractivity contribution in [3.05, 3.63) is 114 Å². The second-order valence-electron chi connectivity index (χ2n) is 7.31. The number of carbonyl (C=O) groups is 1. The summed E-state index contributed by atoms with van der Waals surface area (Å²) >= 11 is 0. The lowest BCUT2D eigenvalue weighted by molar-refractivity contribution is -0.135. The largest absolute Gasteiger partial charge is 0.426 e. The monoisotopic (exact) mass is 416 g/mol. The second-order valence-corrected chi connectivity index (χ2v) is 7.31. The molecule has 0 unspecified atom stereocenters. The highest BCUT2D eigenvalue weighted by molar-refractivity contribution is 5.94. The highest BCUT2D eigenvalue weighted by atomic mass is 19.2. The number of ether oxygens (including phenoxy) is 1. The van der Waals surface area contributed by atoms with E-state index < -0.39 is 29.3 Å². The maximum absolute atomic E-state index is 13.5. The van der Waals surface area contributed by atoms with Crippen LogP contribution >= 0.6 is 0 Å². The molecule has 0 bridgehead atoms. The van der Waals surface area contributed by atoms with Crippen molar-refractivity contribution in [2.75, 3.05) is 0 Å². The van der Waals surface area contributed by atoms with Crippen LogP contribution < -0.4 is 4.74 Å². The minimum absolute atomic E-state index is 0.188. The first kappa shape index (κ1) is 19.1. The molecule has 0 radical (unpaired) electrons. The fraction of sp³-hybridized carbons (Fsp3) is 0.0385. The molecule has 0 aromatic heterocycles. The fourth-order valence-electron chi connectivity index (χ4n) is 4.02. The van der Waals surface area contributed by atoms with Crippen LogP contribution in [0.25, 0.3) is 22.3 Å². The van der Waals surface area contributed by atoms with E-state index in [1.807, 2.05) is 48.5 Å². The van der Waals surface area contributed by atoms with Crippen LogP contribution in [-0.2, 0) is 4.79 Å². The Labute approximate surface area is 176 Å². The van der Waals surface area contributed by atoms with E-state index in [2.05, 4.69) is 0 Å². The molecule has 1 aliphatic carbocycles. The third-order valence-electron chi connectivity index (χ3n) is 5.46. The normalized spacial score (nSPS) is 12.4. The number of hydrogen-bond donors (Lipinski definition) is 0. The van der Waals surface area contributed by atoms with Crippen LogP contribution in [0, 0.1) is 17.5 Å². The van der Waals surface area contributed by atoms with Crippen molar-refractivity contribution in [3.63, 3.8) is 0 Å². The predicted octanol–water partition coefficient (Wildman–Crippen LogP) is 6.49. The molecule has 4 aromatic rings. The molecule has 2 nitrogen and oxygen atoms in total. The lowest BCUT2D eigenvalue weighted by atomic mass is 9.97. The molecule has 4 aromatic carbocycles. The average molecular weight is 416 g/mol. The van der Waals surface area contributed by atoms with Gasteiger partial charge >= 0.3 is 5.97 Å². The van der Waals surface area contributed by atoms with Gasteiger partial charge in [0.2, 0.25) is 0 Å². The topological polar surface area (TPSA) is 26.3 Å². The van der Waals surface area contributed by atoms with Gasteiger partial charge in [0.25, 0.3) is 0 Å². The number of esters is 1. The summed E-state index contributed by atoms with van der Waals surface area (Å²) in [6.45, 7) is 0. The summed E-state index contributed by atoms with van der Waals surface area (Å²) in [6.07, 6.45) is 0. The zero-order valence-corrected chi connectivity index (χ0v) is 16.1. The molecule has 0 fully saturated rings. The first-order valence-corrected chi connectivity index (χ1v) is 9.68. The highest BCUT2D eigenvalue weighted by Crippen LogP contribution is 2.45. The van der Waals surface area contributed by atoms with E-state index in [1.165, 1.54) is 0 Å². The van der Waals surface area contributed by atoms with Gasteiger partial charge < -0.3 is 4.74 Å². The van der Waals surface area contributed by atoms with E-state index in [9.17, 15) is 18.0 Å². The van der Waals surface area contributed by atoms with Gasteiger partial charge in [0, 0.05) is 0 Å². The number of hydrogen-bond acceptors (Lipinski definition) is 2. The molecule has 1 aliphatic rings. The van der Waals surface area contributed by atoms with Gasteiger partial charge in [-0.2, -0.15) is 0 Å². The Morgan fingerprint density at radius 3 is 1.74 bits per heavy atom. The molecule has 0 heterocycles. The summed E-state index contributed by atoms with van der Waals surface area (Å²) < 4.78 is 45.8. The quantitative estimate of drug-likeness (QED) is 0.217. The summed E-state index contributed by atoms with van der Waals surface area (Å²) in [5.41, 5.74) is 4.46. The Hall–Kier alpha value is -3.86. The van der Waals surface area contributed by atoms with Crippen LogP contribution in [0.5, 0.6) is 5.75 Å². The molecule has 5 rings (SSSR count). The molecule has 0 spiro atoms. The molecular weight excluding hydrogens is 401 g/mol. The lowest BCUT2D eigenvalue weighted by Gasteiger charge is -2.13. The first-order valence-electron chi connectivity index (χ1n) is 9.68. The van der Waals surface area contributed by atoms with Crippen LogP contribution in [0.1, 0.15) is 17.0 Å². The Bertz CT molecular complexity index is 1240. The molecular formula is C26H15F3O2. The Balaban J connectivity index is 1.42. The predicted molar refractivity (Wildman–Crippen MR) is 111 cm³/mol. The second kappa shape index (κ2) is 7.43. The summed E-state index contributed by atoms with van der Waals surface area (Å²) in [6, 6.07) is 23.5. The molecule has 152 valence electrons. The van der Waals surface area contributed by atoms with Crippen molar-refractivity contribution in [3.8, 4) is 28.0 Å². The van der Waals surface area contributed by atoms with Crippen LogP contribution in [0.3, 0.4) is 0 Å². The van der Waals surface area contributed by atoms with E-state index in [4.69, 9.17) is 4.74 Å². The summed E-state index contributed by atoms with van der Waals surface area (Å²) in [5, 5.41) is 0. The van der Waals surface area contributed by atoms with Crippen LogP contribution in [-0.4, -0.2) is 5.97 Å². The molecule has 0 N–H and O–H groups in total.